The Labute approximate surface area is 266 Å². The predicted octanol–water partition coefficient (Wildman–Crippen LogP) is 2.05. The summed E-state index contributed by atoms with van der Waals surface area (Å²) in [5.74, 6) is -1.03. The number of Topliss-reactive ketones (excluding diaryl/α,β-unsaturated/α-hetero) is 2. The van der Waals surface area contributed by atoms with Crippen LogP contribution in [-0.2, 0) is 19.1 Å². The molecule has 2 spiro atoms. The summed E-state index contributed by atoms with van der Waals surface area (Å²) in [5.41, 5.74) is -2.37. The highest BCUT2D eigenvalue weighted by Crippen LogP contribution is 2.87. The second-order valence-electron chi connectivity index (χ2n) is 17.2. The number of ether oxygens (including phenoxy) is 2. The first-order chi connectivity index (χ1) is 20.7. The Hall–Kier alpha value is -1.24. The molecule has 14 atom stereocenters. The number of allylic oxidation sites excluding steroid dienone is 1. The van der Waals surface area contributed by atoms with E-state index in [1.807, 2.05) is 6.92 Å². The summed E-state index contributed by atoms with van der Waals surface area (Å²) in [5, 5.41) is 63.4. The van der Waals surface area contributed by atoms with E-state index in [2.05, 4.69) is 33.8 Å². The van der Waals surface area contributed by atoms with Gasteiger partial charge in [0.05, 0.1) is 24.4 Å². The zero-order valence-corrected chi connectivity index (χ0v) is 27.8. The second-order valence-corrected chi connectivity index (χ2v) is 17.2. The average Bonchev–Trinajstić information content (AvgIpc) is 3.57. The highest BCUT2D eigenvalue weighted by Gasteiger charge is 2.84. The second kappa shape index (κ2) is 10.4. The van der Waals surface area contributed by atoms with Crippen LogP contribution in [0.3, 0.4) is 0 Å². The third-order valence-electron chi connectivity index (χ3n) is 14.1. The van der Waals surface area contributed by atoms with Crippen molar-refractivity contribution >= 4 is 11.6 Å². The van der Waals surface area contributed by atoms with Crippen LogP contribution in [0.4, 0.5) is 0 Å². The van der Waals surface area contributed by atoms with Crippen LogP contribution in [0.1, 0.15) is 93.4 Å². The number of ketones is 2. The van der Waals surface area contributed by atoms with Gasteiger partial charge in [-0.3, -0.25) is 9.59 Å². The number of aliphatic hydroxyl groups is 6. The number of rotatable bonds is 7. The number of aliphatic hydroxyl groups excluding tert-OH is 5. The smallest absolute Gasteiger partial charge is 0.186 e. The van der Waals surface area contributed by atoms with Gasteiger partial charge >= 0.3 is 0 Å². The molecule has 0 unspecified atom stereocenters. The lowest BCUT2D eigenvalue weighted by Crippen LogP contribution is -2.59. The van der Waals surface area contributed by atoms with Gasteiger partial charge in [0, 0.05) is 29.6 Å². The van der Waals surface area contributed by atoms with Gasteiger partial charge in [-0.25, -0.2) is 0 Å². The Kier molecular flexibility index (Phi) is 7.76. The Bertz CT molecular complexity index is 1270. The van der Waals surface area contributed by atoms with Crippen LogP contribution >= 0.6 is 0 Å². The Morgan fingerprint density at radius 3 is 2.44 bits per heavy atom. The van der Waals surface area contributed by atoms with Crippen LogP contribution in [0.15, 0.2) is 11.6 Å². The highest BCUT2D eigenvalue weighted by molar-refractivity contribution is 5.89. The number of fused-ring (bicyclic) bond motifs is 2. The van der Waals surface area contributed by atoms with Gasteiger partial charge in [-0.2, -0.15) is 0 Å². The van der Waals surface area contributed by atoms with Crippen LogP contribution in [0, 0.1) is 44.8 Å². The van der Waals surface area contributed by atoms with Crippen molar-refractivity contribution in [2.24, 2.45) is 44.8 Å². The SMILES string of the molecule is C[C@H](CC(=O)[C@H](O)C(C)(C)O)[C@H]1C(=O)C[C@@]2(C)C3=CC[C@H]4C(C)(C)[C@@H](O[C@@H]5OC[C@@H](O)[C@@H](O)[C@@H]5O)CC[C@@]45C[C@@]35[C@@H](O)C[C@]12C. The van der Waals surface area contributed by atoms with Crippen LogP contribution in [0.5, 0.6) is 0 Å². The van der Waals surface area contributed by atoms with Gasteiger partial charge in [0.1, 0.15) is 30.2 Å². The Morgan fingerprint density at radius 1 is 1.13 bits per heavy atom. The summed E-state index contributed by atoms with van der Waals surface area (Å²) in [7, 11) is 0. The zero-order valence-electron chi connectivity index (χ0n) is 27.8. The third-order valence-corrected chi connectivity index (χ3v) is 14.1. The normalized spacial score (nSPS) is 50.0. The topological polar surface area (TPSA) is 174 Å². The molecule has 0 aromatic carbocycles. The third kappa shape index (κ3) is 4.42. The van der Waals surface area contributed by atoms with Gasteiger partial charge in [0.25, 0.3) is 0 Å². The molecule has 1 saturated heterocycles. The number of carbonyl (C=O) groups excluding carboxylic acids is 2. The molecule has 0 radical (unpaired) electrons. The molecule has 0 aromatic rings. The molecule has 254 valence electrons. The Balaban J connectivity index is 1.27. The summed E-state index contributed by atoms with van der Waals surface area (Å²) in [6, 6.07) is 0. The van der Waals surface area contributed by atoms with E-state index in [9.17, 15) is 40.2 Å². The first kappa shape index (κ1) is 33.7. The largest absolute Gasteiger partial charge is 0.392 e. The quantitative estimate of drug-likeness (QED) is 0.228. The van der Waals surface area contributed by atoms with E-state index in [1.165, 1.54) is 19.4 Å². The van der Waals surface area contributed by atoms with Crippen molar-refractivity contribution in [1.82, 2.24) is 0 Å². The van der Waals surface area contributed by atoms with Crippen molar-refractivity contribution < 1.29 is 49.7 Å². The molecule has 1 aliphatic heterocycles. The molecule has 4 saturated carbocycles. The summed E-state index contributed by atoms with van der Waals surface area (Å²) >= 11 is 0. The molecule has 0 aromatic heterocycles. The summed E-state index contributed by atoms with van der Waals surface area (Å²) in [4.78, 5) is 26.9. The van der Waals surface area contributed by atoms with Crippen LogP contribution < -0.4 is 0 Å². The summed E-state index contributed by atoms with van der Waals surface area (Å²) in [6.45, 7) is 13.2. The van der Waals surface area contributed by atoms with E-state index >= 15 is 0 Å². The lowest BCUT2D eigenvalue weighted by atomic mass is 9.44. The van der Waals surface area contributed by atoms with E-state index in [0.29, 0.717) is 19.3 Å². The van der Waals surface area contributed by atoms with Crippen molar-refractivity contribution in [3.8, 4) is 0 Å². The fourth-order valence-corrected chi connectivity index (χ4v) is 11.6. The van der Waals surface area contributed by atoms with Gasteiger partial charge in [-0.1, -0.05) is 46.3 Å². The van der Waals surface area contributed by atoms with Crippen molar-refractivity contribution in [2.75, 3.05) is 6.61 Å². The van der Waals surface area contributed by atoms with Gasteiger partial charge in [0.15, 0.2) is 12.1 Å². The average molecular weight is 635 g/mol. The molecular formula is C35H54O10. The highest BCUT2D eigenvalue weighted by atomic mass is 16.7. The first-order valence-corrected chi connectivity index (χ1v) is 16.9. The lowest BCUT2D eigenvalue weighted by molar-refractivity contribution is -0.301. The van der Waals surface area contributed by atoms with Gasteiger partial charge in [0.2, 0.25) is 0 Å². The summed E-state index contributed by atoms with van der Waals surface area (Å²) < 4.78 is 11.9. The minimum absolute atomic E-state index is 0.0233. The van der Waals surface area contributed by atoms with Gasteiger partial charge in [-0.15, -0.1) is 0 Å². The molecule has 6 rings (SSSR count). The van der Waals surface area contributed by atoms with Crippen LogP contribution in [0.25, 0.3) is 0 Å². The molecule has 6 aliphatic rings. The molecule has 5 aliphatic carbocycles. The molecule has 10 heteroatoms. The van der Waals surface area contributed by atoms with Crippen molar-refractivity contribution in [3.63, 3.8) is 0 Å². The molecule has 6 N–H and O–H groups in total. The molecular weight excluding hydrogens is 580 g/mol. The number of hydrogen-bond donors (Lipinski definition) is 6. The predicted molar refractivity (Wildman–Crippen MR) is 162 cm³/mol. The Morgan fingerprint density at radius 2 is 1.80 bits per heavy atom. The van der Waals surface area contributed by atoms with Crippen molar-refractivity contribution in [1.29, 1.82) is 0 Å². The van der Waals surface area contributed by atoms with E-state index in [-0.39, 0.29) is 47.6 Å². The van der Waals surface area contributed by atoms with Crippen LogP contribution in [0.2, 0.25) is 0 Å². The molecule has 5 fully saturated rings. The van der Waals surface area contributed by atoms with Crippen LogP contribution in [-0.4, -0.2) is 97.3 Å². The fourth-order valence-electron chi connectivity index (χ4n) is 11.6. The minimum atomic E-state index is -1.57. The molecule has 1 heterocycles. The van der Waals surface area contributed by atoms with E-state index < -0.39 is 70.4 Å². The van der Waals surface area contributed by atoms with Crippen molar-refractivity contribution in [2.45, 2.75) is 142 Å². The maximum atomic E-state index is 13.9. The van der Waals surface area contributed by atoms with E-state index in [4.69, 9.17) is 9.47 Å². The fraction of sp³-hybridized carbons (Fsp3) is 0.886. The molecule has 10 nitrogen and oxygen atoms in total. The van der Waals surface area contributed by atoms with E-state index in [1.54, 1.807) is 0 Å². The lowest BCUT2D eigenvalue weighted by Gasteiger charge is -2.61. The molecule has 0 amide bonds. The summed E-state index contributed by atoms with van der Waals surface area (Å²) in [6.07, 6.45) is -1.18. The number of carbonyl (C=O) groups is 2. The first-order valence-electron chi connectivity index (χ1n) is 16.9. The molecule has 0 bridgehead atoms. The zero-order chi connectivity index (χ0) is 33.3. The molecule has 45 heavy (non-hydrogen) atoms. The minimum Gasteiger partial charge on any atom is -0.392 e. The van der Waals surface area contributed by atoms with Crippen molar-refractivity contribution in [3.05, 3.63) is 11.6 Å². The maximum Gasteiger partial charge on any atom is 0.186 e. The van der Waals surface area contributed by atoms with Gasteiger partial charge in [-0.05, 0) is 74.0 Å². The maximum absolute atomic E-state index is 13.9. The number of hydrogen-bond acceptors (Lipinski definition) is 10. The van der Waals surface area contributed by atoms with Gasteiger partial charge < -0.3 is 40.1 Å². The monoisotopic (exact) mass is 634 g/mol. The standard InChI is InChI=1S/C35H54O10/c1-17(12-18(36)28(42)31(4,5)43)25-19(37)13-32(6)22-9-8-21-30(2,3)24(45-29-27(41)26(40)20(38)15-44-29)10-11-34(21)16-35(22,34)23(39)14-33(25,32)7/h9,17,20-21,23-29,38-43H,8,10-16H2,1-7H3/t17-,20-,21+,23+,24+,25+,26-,27+,28+,29+,32+,33-,34-,35+/m1/s1. The van der Waals surface area contributed by atoms with E-state index in [0.717, 1.165) is 19.3 Å².